The summed E-state index contributed by atoms with van der Waals surface area (Å²) in [4.78, 5) is 15.9. The fourth-order valence-corrected chi connectivity index (χ4v) is 2.81. The normalized spacial score (nSPS) is 18.7. The highest BCUT2D eigenvalue weighted by atomic mass is 16.2. The summed E-state index contributed by atoms with van der Waals surface area (Å²) in [6.07, 6.45) is 9.19. The Morgan fingerprint density at radius 1 is 1.40 bits per heavy atom. The van der Waals surface area contributed by atoms with Crippen LogP contribution in [0.1, 0.15) is 64.2 Å². The fourth-order valence-electron chi connectivity index (χ4n) is 2.81. The van der Waals surface area contributed by atoms with E-state index < -0.39 is 0 Å². The number of nitrogens with zero attached hydrogens (tertiary/aromatic N) is 2. The Labute approximate surface area is 120 Å². The van der Waals surface area contributed by atoms with Crippen molar-refractivity contribution in [2.75, 3.05) is 0 Å². The van der Waals surface area contributed by atoms with E-state index in [2.05, 4.69) is 32.7 Å². The van der Waals surface area contributed by atoms with E-state index in [0.29, 0.717) is 5.82 Å². The van der Waals surface area contributed by atoms with E-state index >= 15 is 0 Å². The quantitative estimate of drug-likeness (QED) is 0.748. The van der Waals surface area contributed by atoms with Crippen molar-refractivity contribution < 1.29 is 4.79 Å². The number of hydrogen-bond donors (Lipinski definition) is 3. The Bertz CT molecular complexity index is 400. The minimum Gasteiger partial charge on any atom is -0.336 e. The highest BCUT2D eigenvalue weighted by molar-refractivity contribution is 5.74. The molecular formula is C14H25N5O. The van der Waals surface area contributed by atoms with Gasteiger partial charge in [-0.2, -0.15) is 5.10 Å². The zero-order valence-corrected chi connectivity index (χ0v) is 12.4. The van der Waals surface area contributed by atoms with Gasteiger partial charge in [-0.25, -0.2) is 9.78 Å². The number of amides is 2. The molecule has 1 aromatic heterocycles. The predicted octanol–water partition coefficient (Wildman–Crippen LogP) is 2.52. The molecule has 1 aromatic rings. The minimum absolute atomic E-state index is 0.146. The van der Waals surface area contributed by atoms with Crippen LogP contribution >= 0.6 is 0 Å². The maximum absolute atomic E-state index is 11.9. The van der Waals surface area contributed by atoms with E-state index in [1.54, 1.807) is 0 Å². The highest BCUT2D eigenvalue weighted by Crippen LogP contribution is 2.28. The first-order valence-corrected chi connectivity index (χ1v) is 7.57. The molecule has 0 saturated heterocycles. The molecule has 1 heterocycles. The second kappa shape index (κ2) is 7.26. The molecule has 3 N–H and O–H groups in total. The predicted molar refractivity (Wildman–Crippen MR) is 77.1 cm³/mol. The van der Waals surface area contributed by atoms with Crippen molar-refractivity contribution in [2.24, 2.45) is 5.92 Å². The van der Waals surface area contributed by atoms with E-state index in [-0.39, 0.29) is 18.1 Å². The number of H-pyrrole nitrogens is 1. The lowest BCUT2D eigenvalue weighted by molar-refractivity contribution is 0.233. The van der Waals surface area contributed by atoms with E-state index in [9.17, 15) is 4.79 Å². The number of nitrogens with one attached hydrogen (secondary N) is 3. The smallest absolute Gasteiger partial charge is 0.315 e. The summed E-state index contributed by atoms with van der Waals surface area (Å²) in [5.41, 5.74) is 0. The summed E-state index contributed by atoms with van der Waals surface area (Å²) >= 11 is 0. The van der Waals surface area contributed by atoms with Gasteiger partial charge in [-0.15, -0.1) is 0 Å². The molecule has 2 amide bonds. The summed E-state index contributed by atoms with van der Waals surface area (Å²) in [6.45, 7) is 3.94. The number of carbonyl (C=O) groups is 1. The van der Waals surface area contributed by atoms with Gasteiger partial charge in [-0.3, -0.25) is 5.10 Å². The summed E-state index contributed by atoms with van der Waals surface area (Å²) in [7, 11) is 0. The first-order valence-electron chi connectivity index (χ1n) is 7.57. The molecule has 0 bridgehead atoms. The molecule has 0 aromatic carbocycles. The molecule has 20 heavy (non-hydrogen) atoms. The standard InChI is InChI=1S/C14H25N5O/c1-10(7-8-12-5-3-4-6-12)17-14(20)18-11(2)13-15-9-16-19-13/h9-12H,3-8H2,1-2H3,(H,15,16,19)(H2,17,18,20)/t10-,11-/m1/s1. The van der Waals surface area contributed by atoms with Crippen molar-refractivity contribution in [3.8, 4) is 0 Å². The maximum Gasteiger partial charge on any atom is 0.315 e. The van der Waals surface area contributed by atoms with Crippen LogP contribution in [0.2, 0.25) is 0 Å². The average Bonchev–Trinajstić information content (AvgIpc) is 3.09. The third-order valence-corrected chi connectivity index (χ3v) is 4.05. The molecule has 112 valence electrons. The molecule has 2 rings (SSSR count). The Balaban J connectivity index is 1.65. The van der Waals surface area contributed by atoms with Gasteiger partial charge in [-0.1, -0.05) is 25.7 Å². The Morgan fingerprint density at radius 3 is 2.80 bits per heavy atom. The number of hydrogen-bond acceptors (Lipinski definition) is 3. The summed E-state index contributed by atoms with van der Waals surface area (Å²) < 4.78 is 0. The molecule has 1 aliphatic rings. The number of rotatable bonds is 6. The van der Waals surface area contributed by atoms with Gasteiger partial charge in [0.2, 0.25) is 0 Å². The second-order valence-electron chi connectivity index (χ2n) is 5.84. The first kappa shape index (κ1) is 14.8. The number of aromatic nitrogens is 3. The molecule has 0 radical (unpaired) electrons. The van der Waals surface area contributed by atoms with Gasteiger partial charge in [0.05, 0.1) is 6.04 Å². The maximum atomic E-state index is 11.9. The Morgan fingerprint density at radius 2 is 2.15 bits per heavy atom. The zero-order valence-electron chi connectivity index (χ0n) is 12.4. The third-order valence-electron chi connectivity index (χ3n) is 4.05. The lowest BCUT2D eigenvalue weighted by Crippen LogP contribution is -2.42. The van der Waals surface area contributed by atoms with E-state index in [1.807, 2.05) is 6.92 Å². The van der Waals surface area contributed by atoms with Crippen molar-refractivity contribution in [3.05, 3.63) is 12.2 Å². The summed E-state index contributed by atoms with van der Waals surface area (Å²) in [5.74, 6) is 1.54. The van der Waals surface area contributed by atoms with E-state index in [1.165, 1.54) is 38.4 Å². The average molecular weight is 279 g/mol. The van der Waals surface area contributed by atoms with Crippen LogP contribution in [-0.4, -0.2) is 27.3 Å². The number of urea groups is 1. The van der Waals surface area contributed by atoms with Gasteiger partial charge >= 0.3 is 6.03 Å². The molecule has 0 spiro atoms. The van der Waals surface area contributed by atoms with Crippen LogP contribution in [0.15, 0.2) is 6.33 Å². The number of carbonyl (C=O) groups excluding carboxylic acids is 1. The van der Waals surface area contributed by atoms with Crippen LogP contribution in [0, 0.1) is 5.92 Å². The molecule has 0 unspecified atom stereocenters. The van der Waals surface area contributed by atoms with Gasteiger partial charge in [0.25, 0.3) is 0 Å². The Kier molecular flexibility index (Phi) is 5.38. The third kappa shape index (κ3) is 4.51. The molecule has 1 saturated carbocycles. The zero-order chi connectivity index (χ0) is 14.4. The van der Waals surface area contributed by atoms with Crippen LogP contribution in [0.5, 0.6) is 0 Å². The SMILES string of the molecule is C[C@H](CCC1CCCC1)NC(=O)N[C@H](C)c1ncn[nH]1. The van der Waals surface area contributed by atoms with Gasteiger partial charge in [0.15, 0.2) is 0 Å². The summed E-state index contributed by atoms with van der Waals surface area (Å²) in [6, 6.07) is -0.107. The van der Waals surface area contributed by atoms with Gasteiger partial charge < -0.3 is 10.6 Å². The van der Waals surface area contributed by atoms with Gasteiger partial charge in [0, 0.05) is 6.04 Å². The first-order chi connectivity index (χ1) is 9.65. The molecule has 6 nitrogen and oxygen atoms in total. The van der Waals surface area contributed by atoms with Crippen molar-refractivity contribution in [3.63, 3.8) is 0 Å². The van der Waals surface area contributed by atoms with Crippen molar-refractivity contribution >= 4 is 6.03 Å². The molecule has 1 fully saturated rings. The summed E-state index contributed by atoms with van der Waals surface area (Å²) in [5, 5.41) is 12.4. The van der Waals surface area contributed by atoms with Crippen molar-refractivity contribution in [1.82, 2.24) is 25.8 Å². The molecule has 2 atom stereocenters. The van der Waals surface area contributed by atoms with Crippen LogP contribution in [0.3, 0.4) is 0 Å². The van der Waals surface area contributed by atoms with Crippen LogP contribution < -0.4 is 10.6 Å². The number of aromatic amines is 1. The lowest BCUT2D eigenvalue weighted by Gasteiger charge is -2.18. The van der Waals surface area contributed by atoms with Crippen LogP contribution in [0.4, 0.5) is 4.79 Å². The lowest BCUT2D eigenvalue weighted by atomic mass is 9.99. The fraction of sp³-hybridized carbons (Fsp3) is 0.786. The highest BCUT2D eigenvalue weighted by Gasteiger charge is 2.17. The molecule has 0 aliphatic heterocycles. The van der Waals surface area contributed by atoms with Gasteiger partial charge in [0.1, 0.15) is 12.2 Å². The van der Waals surface area contributed by atoms with E-state index in [4.69, 9.17) is 0 Å². The van der Waals surface area contributed by atoms with Crippen LogP contribution in [0.25, 0.3) is 0 Å². The van der Waals surface area contributed by atoms with Crippen molar-refractivity contribution in [2.45, 2.75) is 64.5 Å². The monoisotopic (exact) mass is 279 g/mol. The van der Waals surface area contributed by atoms with E-state index in [0.717, 1.165) is 12.3 Å². The molecular weight excluding hydrogens is 254 g/mol. The second-order valence-corrected chi connectivity index (χ2v) is 5.84. The molecule has 1 aliphatic carbocycles. The van der Waals surface area contributed by atoms with Crippen LogP contribution in [-0.2, 0) is 0 Å². The van der Waals surface area contributed by atoms with Gasteiger partial charge in [-0.05, 0) is 32.6 Å². The molecule has 6 heteroatoms. The Hall–Kier alpha value is -1.59. The van der Waals surface area contributed by atoms with Crippen molar-refractivity contribution in [1.29, 1.82) is 0 Å². The topological polar surface area (TPSA) is 82.7 Å². The minimum atomic E-state index is -0.167. The largest absolute Gasteiger partial charge is 0.336 e.